The minimum Gasteiger partial charge on any atom is -0.423 e. The molecule has 0 aliphatic heterocycles. The maximum absolute atomic E-state index is 11.1. The van der Waals surface area contributed by atoms with Crippen molar-refractivity contribution in [2.75, 3.05) is 0 Å². The molecule has 2 rings (SSSR count). The molecule has 0 saturated carbocycles. The zero-order valence-electron chi connectivity index (χ0n) is 9.04. The number of fused-ring (bicyclic) bond motifs is 1. The predicted octanol–water partition coefficient (Wildman–Crippen LogP) is 2.92. The molecule has 0 spiro atoms. The van der Waals surface area contributed by atoms with Gasteiger partial charge in [-0.2, -0.15) is 0 Å². The van der Waals surface area contributed by atoms with Crippen LogP contribution in [0.15, 0.2) is 33.5 Å². The molecule has 0 amide bonds. The van der Waals surface area contributed by atoms with Crippen LogP contribution in [0.4, 0.5) is 0 Å². The fraction of sp³-hybridized carbons (Fsp3) is 0.308. The summed E-state index contributed by atoms with van der Waals surface area (Å²) in [6.07, 6.45) is 1.98. The van der Waals surface area contributed by atoms with Gasteiger partial charge in [-0.15, -0.1) is 0 Å². The summed E-state index contributed by atoms with van der Waals surface area (Å²) in [5, 5.41) is 1.00. The third kappa shape index (κ3) is 1.80. The Bertz CT molecular complexity index is 538. The highest BCUT2D eigenvalue weighted by Crippen LogP contribution is 2.19. The van der Waals surface area contributed by atoms with Gasteiger partial charge in [0, 0.05) is 11.5 Å². The maximum Gasteiger partial charge on any atom is 0.336 e. The van der Waals surface area contributed by atoms with Gasteiger partial charge in [-0.05, 0) is 42.2 Å². The normalized spacial score (nSPS) is 10.8. The lowest BCUT2D eigenvalue weighted by Crippen LogP contribution is -1.97. The van der Waals surface area contributed by atoms with E-state index in [1.807, 2.05) is 12.1 Å². The Labute approximate surface area is 88.5 Å². The average molecular weight is 202 g/mol. The van der Waals surface area contributed by atoms with Gasteiger partial charge in [0.05, 0.1) is 0 Å². The Kier molecular flexibility index (Phi) is 2.58. The SMILES string of the molecule is CCc1cc2ccc(=O)oc2cc1CC. The van der Waals surface area contributed by atoms with Crippen molar-refractivity contribution < 1.29 is 4.42 Å². The van der Waals surface area contributed by atoms with Crippen LogP contribution >= 0.6 is 0 Å². The fourth-order valence-corrected chi connectivity index (χ4v) is 1.86. The van der Waals surface area contributed by atoms with Crippen molar-refractivity contribution in [3.05, 3.63) is 45.8 Å². The van der Waals surface area contributed by atoms with Crippen molar-refractivity contribution in [1.82, 2.24) is 0 Å². The second-order valence-electron chi connectivity index (χ2n) is 3.62. The number of hydrogen-bond donors (Lipinski definition) is 0. The zero-order valence-corrected chi connectivity index (χ0v) is 9.04. The summed E-state index contributed by atoms with van der Waals surface area (Å²) in [4.78, 5) is 11.1. The Hall–Kier alpha value is -1.57. The Morgan fingerprint density at radius 3 is 2.40 bits per heavy atom. The highest BCUT2D eigenvalue weighted by atomic mass is 16.4. The summed E-state index contributed by atoms with van der Waals surface area (Å²) in [7, 11) is 0. The molecule has 15 heavy (non-hydrogen) atoms. The van der Waals surface area contributed by atoms with E-state index in [0.717, 1.165) is 18.2 Å². The lowest BCUT2D eigenvalue weighted by molar-refractivity contribution is 0.560. The molecule has 0 unspecified atom stereocenters. The molecule has 78 valence electrons. The second kappa shape index (κ2) is 3.89. The van der Waals surface area contributed by atoms with Gasteiger partial charge in [0.1, 0.15) is 5.58 Å². The van der Waals surface area contributed by atoms with Gasteiger partial charge in [0.2, 0.25) is 0 Å². The van der Waals surface area contributed by atoms with Crippen LogP contribution in [0.5, 0.6) is 0 Å². The van der Waals surface area contributed by atoms with Crippen molar-refractivity contribution in [2.24, 2.45) is 0 Å². The van der Waals surface area contributed by atoms with Gasteiger partial charge in [-0.3, -0.25) is 0 Å². The first kappa shape index (κ1) is 9.97. The molecule has 0 aliphatic carbocycles. The number of hydrogen-bond acceptors (Lipinski definition) is 2. The standard InChI is InChI=1S/C13H14O2/c1-3-9-7-11-5-6-13(14)15-12(11)8-10(9)4-2/h5-8H,3-4H2,1-2H3. The molecule has 0 saturated heterocycles. The molecule has 2 aromatic rings. The second-order valence-corrected chi connectivity index (χ2v) is 3.62. The molecule has 0 bridgehead atoms. The minimum absolute atomic E-state index is 0.284. The van der Waals surface area contributed by atoms with Crippen LogP contribution < -0.4 is 5.63 Å². The highest BCUT2D eigenvalue weighted by Gasteiger charge is 2.03. The summed E-state index contributed by atoms with van der Waals surface area (Å²) in [5.41, 5.74) is 3.00. The van der Waals surface area contributed by atoms with Crippen LogP contribution in [-0.4, -0.2) is 0 Å². The van der Waals surface area contributed by atoms with Crippen molar-refractivity contribution in [2.45, 2.75) is 26.7 Å². The van der Waals surface area contributed by atoms with E-state index in [1.54, 1.807) is 0 Å². The van der Waals surface area contributed by atoms with Gasteiger partial charge in [-0.25, -0.2) is 4.79 Å². The van der Waals surface area contributed by atoms with Crippen molar-refractivity contribution in [1.29, 1.82) is 0 Å². The van der Waals surface area contributed by atoms with E-state index < -0.39 is 0 Å². The largest absolute Gasteiger partial charge is 0.423 e. The van der Waals surface area contributed by atoms with Crippen LogP contribution in [0, 0.1) is 0 Å². The van der Waals surface area contributed by atoms with Crippen molar-refractivity contribution in [3.8, 4) is 0 Å². The average Bonchev–Trinajstić information content (AvgIpc) is 2.27. The van der Waals surface area contributed by atoms with E-state index in [1.165, 1.54) is 17.2 Å². The predicted molar refractivity (Wildman–Crippen MR) is 61.2 cm³/mol. The summed E-state index contributed by atoms with van der Waals surface area (Å²) < 4.78 is 5.15. The third-order valence-electron chi connectivity index (χ3n) is 2.70. The van der Waals surface area contributed by atoms with Crippen LogP contribution in [0.3, 0.4) is 0 Å². The monoisotopic (exact) mass is 202 g/mol. The molecule has 0 radical (unpaired) electrons. The Morgan fingerprint density at radius 1 is 1.07 bits per heavy atom. The molecular weight excluding hydrogens is 188 g/mol. The van der Waals surface area contributed by atoms with E-state index in [0.29, 0.717) is 5.58 Å². The molecule has 2 nitrogen and oxygen atoms in total. The molecule has 2 heteroatoms. The topological polar surface area (TPSA) is 30.2 Å². The van der Waals surface area contributed by atoms with E-state index >= 15 is 0 Å². The first-order valence-electron chi connectivity index (χ1n) is 5.30. The van der Waals surface area contributed by atoms with Crippen LogP contribution in [0.2, 0.25) is 0 Å². The third-order valence-corrected chi connectivity index (χ3v) is 2.70. The number of rotatable bonds is 2. The molecule has 1 heterocycles. The summed E-state index contributed by atoms with van der Waals surface area (Å²) in [6.45, 7) is 4.25. The quantitative estimate of drug-likeness (QED) is 0.701. The number of benzene rings is 1. The van der Waals surface area contributed by atoms with E-state index in [9.17, 15) is 4.79 Å². The van der Waals surface area contributed by atoms with Gasteiger partial charge >= 0.3 is 5.63 Å². The molecular formula is C13H14O2. The lowest BCUT2D eigenvalue weighted by Gasteiger charge is -2.06. The van der Waals surface area contributed by atoms with Gasteiger partial charge in [0.15, 0.2) is 0 Å². The Morgan fingerprint density at radius 2 is 1.73 bits per heavy atom. The molecule has 1 aromatic carbocycles. The fourth-order valence-electron chi connectivity index (χ4n) is 1.86. The van der Waals surface area contributed by atoms with Crippen molar-refractivity contribution in [3.63, 3.8) is 0 Å². The molecule has 0 fully saturated rings. The first-order chi connectivity index (χ1) is 7.24. The van der Waals surface area contributed by atoms with Crippen LogP contribution in [0.1, 0.15) is 25.0 Å². The van der Waals surface area contributed by atoms with Crippen LogP contribution in [0.25, 0.3) is 11.0 Å². The smallest absolute Gasteiger partial charge is 0.336 e. The summed E-state index contributed by atoms with van der Waals surface area (Å²) in [6, 6.07) is 7.37. The molecule has 1 aromatic heterocycles. The maximum atomic E-state index is 11.1. The van der Waals surface area contributed by atoms with Gasteiger partial charge < -0.3 is 4.42 Å². The highest BCUT2D eigenvalue weighted by molar-refractivity contribution is 5.78. The lowest BCUT2D eigenvalue weighted by atomic mass is 10.0. The summed E-state index contributed by atoms with van der Waals surface area (Å²) >= 11 is 0. The molecule has 0 N–H and O–H groups in total. The van der Waals surface area contributed by atoms with Gasteiger partial charge in [0.25, 0.3) is 0 Å². The van der Waals surface area contributed by atoms with Gasteiger partial charge in [-0.1, -0.05) is 13.8 Å². The molecule has 0 atom stereocenters. The van der Waals surface area contributed by atoms with Crippen molar-refractivity contribution >= 4 is 11.0 Å². The first-order valence-corrected chi connectivity index (χ1v) is 5.30. The minimum atomic E-state index is -0.284. The summed E-state index contributed by atoms with van der Waals surface area (Å²) in [5.74, 6) is 0. The number of aryl methyl sites for hydroxylation is 2. The Balaban J connectivity index is 2.75. The van der Waals surface area contributed by atoms with E-state index in [2.05, 4.69) is 19.9 Å². The zero-order chi connectivity index (χ0) is 10.8. The molecule has 0 aliphatic rings. The van der Waals surface area contributed by atoms with E-state index in [-0.39, 0.29) is 5.63 Å². The van der Waals surface area contributed by atoms with E-state index in [4.69, 9.17) is 4.42 Å². The van der Waals surface area contributed by atoms with Crippen LogP contribution in [-0.2, 0) is 12.8 Å².